The minimum absolute atomic E-state index is 0.0252. The molecular weight excluding hydrogens is 284 g/mol. The van der Waals surface area contributed by atoms with Gasteiger partial charge in [-0.15, -0.1) is 0 Å². The first-order valence-electron chi connectivity index (χ1n) is 7.67. The first kappa shape index (κ1) is 15.3. The van der Waals surface area contributed by atoms with Gasteiger partial charge in [0.15, 0.2) is 5.43 Å². The number of nitrogens with two attached hydrogens (primary N) is 1. The summed E-state index contributed by atoms with van der Waals surface area (Å²) < 4.78 is 2.02. The van der Waals surface area contributed by atoms with Crippen LogP contribution in [0.5, 0.6) is 0 Å². The zero-order chi connectivity index (χ0) is 16.4. The van der Waals surface area contributed by atoms with Gasteiger partial charge in [0, 0.05) is 29.2 Å². The average molecular weight is 304 g/mol. The highest BCUT2D eigenvalue weighted by atomic mass is 16.1. The molecule has 0 saturated heterocycles. The Bertz CT molecular complexity index is 882. The van der Waals surface area contributed by atoms with E-state index in [1.54, 1.807) is 6.07 Å². The predicted molar refractivity (Wildman–Crippen MR) is 94.0 cm³/mol. The fourth-order valence-corrected chi connectivity index (χ4v) is 2.78. The molecular formula is C20H20N2O. The molecule has 116 valence electrons. The Balaban J connectivity index is 2.12. The molecule has 0 saturated carbocycles. The second-order valence-corrected chi connectivity index (χ2v) is 5.83. The summed E-state index contributed by atoms with van der Waals surface area (Å²) in [6.45, 7) is 3.99. The third-order valence-electron chi connectivity index (χ3n) is 4.05. The summed E-state index contributed by atoms with van der Waals surface area (Å²) in [6, 6.07) is 19.1. The van der Waals surface area contributed by atoms with E-state index in [4.69, 9.17) is 5.73 Å². The highest BCUT2D eigenvalue weighted by Gasteiger charge is 2.14. The number of aromatic nitrogens is 1. The van der Waals surface area contributed by atoms with Crippen LogP contribution in [-0.4, -0.2) is 4.57 Å². The molecule has 3 aromatic rings. The van der Waals surface area contributed by atoms with Gasteiger partial charge in [0.25, 0.3) is 0 Å². The van der Waals surface area contributed by atoms with Crippen LogP contribution in [0.1, 0.15) is 28.4 Å². The third kappa shape index (κ3) is 3.10. The van der Waals surface area contributed by atoms with Crippen molar-refractivity contribution >= 4 is 0 Å². The highest BCUT2D eigenvalue weighted by Crippen LogP contribution is 2.19. The van der Waals surface area contributed by atoms with Crippen molar-refractivity contribution in [2.45, 2.75) is 19.9 Å². The fourth-order valence-electron chi connectivity index (χ4n) is 2.78. The number of hydrogen-bond acceptors (Lipinski definition) is 2. The molecule has 1 aromatic heterocycles. The summed E-state index contributed by atoms with van der Waals surface area (Å²) in [5.74, 6) is 0. The van der Waals surface area contributed by atoms with Crippen molar-refractivity contribution in [2.75, 3.05) is 0 Å². The molecule has 3 rings (SSSR count). The summed E-state index contributed by atoms with van der Waals surface area (Å²) in [6.07, 6.45) is 1.87. The fraction of sp³-hybridized carbons (Fsp3) is 0.150. The van der Waals surface area contributed by atoms with Gasteiger partial charge in [-0.25, -0.2) is 0 Å². The lowest BCUT2D eigenvalue weighted by molar-refractivity contribution is 0.828. The van der Waals surface area contributed by atoms with E-state index in [9.17, 15) is 4.79 Å². The van der Waals surface area contributed by atoms with E-state index < -0.39 is 6.04 Å². The summed E-state index contributed by atoms with van der Waals surface area (Å²) >= 11 is 0. The summed E-state index contributed by atoms with van der Waals surface area (Å²) in [5.41, 5.74) is 10.9. The molecule has 0 radical (unpaired) electrons. The van der Waals surface area contributed by atoms with Gasteiger partial charge in [-0.1, -0.05) is 42.5 Å². The smallest absolute Gasteiger partial charge is 0.186 e. The first-order chi connectivity index (χ1) is 11.1. The van der Waals surface area contributed by atoms with E-state index >= 15 is 0 Å². The maximum atomic E-state index is 12.4. The van der Waals surface area contributed by atoms with E-state index in [1.807, 2.05) is 60.2 Å². The summed E-state index contributed by atoms with van der Waals surface area (Å²) in [4.78, 5) is 12.4. The lowest BCUT2D eigenvalue weighted by Crippen LogP contribution is -2.23. The van der Waals surface area contributed by atoms with Gasteiger partial charge in [0.2, 0.25) is 0 Å². The van der Waals surface area contributed by atoms with E-state index in [0.717, 1.165) is 16.9 Å². The van der Waals surface area contributed by atoms with Crippen LogP contribution in [0.4, 0.5) is 0 Å². The topological polar surface area (TPSA) is 48.0 Å². The lowest BCUT2D eigenvalue weighted by Gasteiger charge is -2.17. The van der Waals surface area contributed by atoms with Crippen LogP contribution in [0.25, 0.3) is 5.69 Å². The lowest BCUT2D eigenvalue weighted by atomic mass is 10.0. The molecule has 2 aromatic carbocycles. The SMILES string of the molecule is Cc1cccc(-n2cc(C(N)c3ccccc3)c(=O)cc2C)c1. The maximum absolute atomic E-state index is 12.4. The largest absolute Gasteiger partial charge is 0.321 e. The van der Waals surface area contributed by atoms with Crippen molar-refractivity contribution < 1.29 is 0 Å². The van der Waals surface area contributed by atoms with E-state index in [2.05, 4.69) is 19.1 Å². The molecule has 0 bridgehead atoms. The minimum atomic E-state index is -0.430. The Kier molecular flexibility index (Phi) is 4.13. The molecule has 3 heteroatoms. The van der Waals surface area contributed by atoms with E-state index in [0.29, 0.717) is 5.56 Å². The molecule has 0 aliphatic heterocycles. The van der Waals surface area contributed by atoms with Gasteiger partial charge in [-0.05, 0) is 37.1 Å². The molecule has 0 amide bonds. The maximum Gasteiger partial charge on any atom is 0.186 e. The number of benzene rings is 2. The number of aryl methyl sites for hydroxylation is 2. The second-order valence-electron chi connectivity index (χ2n) is 5.83. The van der Waals surface area contributed by atoms with Crippen molar-refractivity contribution in [1.29, 1.82) is 0 Å². The molecule has 0 aliphatic carbocycles. The zero-order valence-corrected chi connectivity index (χ0v) is 13.4. The quantitative estimate of drug-likeness (QED) is 0.805. The van der Waals surface area contributed by atoms with Gasteiger partial charge in [0.1, 0.15) is 0 Å². The standard InChI is InChI=1S/C20H20N2O/c1-14-7-6-10-17(11-14)22-13-18(19(23)12-15(22)2)20(21)16-8-4-3-5-9-16/h3-13,20H,21H2,1-2H3. The molecule has 1 heterocycles. The third-order valence-corrected chi connectivity index (χ3v) is 4.05. The second kappa shape index (κ2) is 6.23. The molecule has 0 spiro atoms. The van der Waals surface area contributed by atoms with E-state index in [1.165, 1.54) is 5.56 Å². The molecule has 23 heavy (non-hydrogen) atoms. The van der Waals surface area contributed by atoms with Gasteiger partial charge in [-0.2, -0.15) is 0 Å². The van der Waals surface area contributed by atoms with Crippen LogP contribution in [0.3, 0.4) is 0 Å². The molecule has 2 N–H and O–H groups in total. The monoisotopic (exact) mass is 304 g/mol. The van der Waals surface area contributed by atoms with Crippen molar-refractivity contribution in [2.24, 2.45) is 5.73 Å². The number of rotatable bonds is 3. The number of pyridine rings is 1. The Morgan fingerprint density at radius 2 is 1.70 bits per heavy atom. The molecule has 0 fully saturated rings. The highest BCUT2D eigenvalue weighted by molar-refractivity contribution is 5.40. The van der Waals surface area contributed by atoms with Gasteiger partial charge >= 0.3 is 0 Å². The first-order valence-corrected chi connectivity index (χ1v) is 7.67. The molecule has 0 aliphatic rings. The summed E-state index contributed by atoms with van der Waals surface area (Å²) in [7, 11) is 0. The Morgan fingerprint density at radius 1 is 0.957 bits per heavy atom. The predicted octanol–water partition coefficient (Wildman–Crippen LogP) is 3.50. The number of nitrogens with zero attached hydrogens (tertiary/aromatic N) is 1. The van der Waals surface area contributed by atoms with Crippen LogP contribution in [0.2, 0.25) is 0 Å². The Labute approximate surface area is 136 Å². The van der Waals surface area contributed by atoms with Crippen molar-refractivity contribution in [1.82, 2.24) is 4.57 Å². The zero-order valence-electron chi connectivity index (χ0n) is 13.4. The van der Waals surface area contributed by atoms with Crippen LogP contribution in [0.15, 0.2) is 71.7 Å². The minimum Gasteiger partial charge on any atom is -0.321 e. The van der Waals surface area contributed by atoms with Crippen LogP contribution < -0.4 is 11.2 Å². The van der Waals surface area contributed by atoms with Crippen molar-refractivity contribution in [3.8, 4) is 5.69 Å². The molecule has 1 unspecified atom stereocenters. The van der Waals surface area contributed by atoms with Gasteiger partial charge < -0.3 is 10.3 Å². The van der Waals surface area contributed by atoms with Crippen LogP contribution in [-0.2, 0) is 0 Å². The Hall–Kier alpha value is -2.65. The van der Waals surface area contributed by atoms with Crippen LogP contribution in [0, 0.1) is 13.8 Å². The normalized spacial score (nSPS) is 12.1. The molecule has 3 nitrogen and oxygen atoms in total. The average Bonchev–Trinajstić information content (AvgIpc) is 2.55. The van der Waals surface area contributed by atoms with Crippen molar-refractivity contribution in [3.63, 3.8) is 0 Å². The Morgan fingerprint density at radius 3 is 2.39 bits per heavy atom. The van der Waals surface area contributed by atoms with E-state index in [-0.39, 0.29) is 5.43 Å². The van der Waals surface area contributed by atoms with Crippen LogP contribution >= 0.6 is 0 Å². The van der Waals surface area contributed by atoms with Gasteiger partial charge in [0.05, 0.1) is 6.04 Å². The molecule has 1 atom stereocenters. The van der Waals surface area contributed by atoms with Gasteiger partial charge in [-0.3, -0.25) is 4.79 Å². The summed E-state index contributed by atoms with van der Waals surface area (Å²) in [5, 5.41) is 0. The van der Waals surface area contributed by atoms with Crippen molar-refractivity contribution in [3.05, 3.63) is 99.5 Å². The number of hydrogen-bond donors (Lipinski definition) is 1.